The number of rotatable bonds is 3. The fraction of sp³-hybridized carbons (Fsp3) is 0.333. The first-order valence-electron chi connectivity index (χ1n) is 6.64. The number of fused-ring (bicyclic) bond motifs is 1. The van der Waals surface area contributed by atoms with E-state index in [1.807, 2.05) is 30.9 Å². The maximum Gasteiger partial charge on any atom is 0.128 e. The Bertz CT molecular complexity index is 754. The van der Waals surface area contributed by atoms with Crippen molar-refractivity contribution in [2.24, 2.45) is 7.05 Å². The van der Waals surface area contributed by atoms with Crippen LogP contribution in [-0.2, 0) is 13.6 Å². The molecule has 0 aliphatic heterocycles. The summed E-state index contributed by atoms with van der Waals surface area (Å²) >= 11 is 6.29. The zero-order valence-corrected chi connectivity index (χ0v) is 12.6. The zero-order valence-electron chi connectivity index (χ0n) is 11.8. The number of imidazole rings is 1. The summed E-state index contributed by atoms with van der Waals surface area (Å²) in [5.74, 6) is 0.897. The number of benzene rings is 1. The van der Waals surface area contributed by atoms with Gasteiger partial charge in [-0.15, -0.1) is 11.6 Å². The van der Waals surface area contributed by atoms with Crippen LogP contribution in [0.15, 0.2) is 30.5 Å². The summed E-state index contributed by atoms with van der Waals surface area (Å²) in [7, 11) is 1.95. The van der Waals surface area contributed by atoms with E-state index < -0.39 is 0 Å². The van der Waals surface area contributed by atoms with Crippen molar-refractivity contribution in [3.8, 4) is 0 Å². The molecule has 104 valence electrons. The standard InChI is InChI=1S/C15H17ClN4/c1-10-4-5-14-13(8-10)18-15(11(2)16)20(14)9-12-6-7-17-19(12)3/h4-8,11H,9H2,1-3H3. The van der Waals surface area contributed by atoms with Crippen LogP contribution in [0.3, 0.4) is 0 Å². The monoisotopic (exact) mass is 288 g/mol. The molecule has 1 aromatic carbocycles. The van der Waals surface area contributed by atoms with Gasteiger partial charge in [0.25, 0.3) is 0 Å². The minimum absolute atomic E-state index is 0.129. The van der Waals surface area contributed by atoms with Crippen LogP contribution >= 0.6 is 11.6 Å². The van der Waals surface area contributed by atoms with Crippen LogP contribution in [0.2, 0.25) is 0 Å². The van der Waals surface area contributed by atoms with Gasteiger partial charge >= 0.3 is 0 Å². The number of nitrogens with zero attached hydrogens (tertiary/aromatic N) is 4. The number of aromatic nitrogens is 4. The van der Waals surface area contributed by atoms with Gasteiger partial charge in [0.15, 0.2) is 0 Å². The topological polar surface area (TPSA) is 35.6 Å². The van der Waals surface area contributed by atoms with Crippen LogP contribution in [0.5, 0.6) is 0 Å². The van der Waals surface area contributed by atoms with Gasteiger partial charge in [0.05, 0.1) is 28.6 Å². The van der Waals surface area contributed by atoms with Crippen molar-refractivity contribution in [1.82, 2.24) is 19.3 Å². The number of alkyl halides is 1. The number of hydrogen-bond donors (Lipinski definition) is 0. The van der Waals surface area contributed by atoms with Crippen molar-refractivity contribution in [3.05, 3.63) is 47.5 Å². The SMILES string of the molecule is Cc1ccc2c(c1)nc(C(C)Cl)n2Cc1ccnn1C. The molecule has 1 unspecified atom stereocenters. The van der Waals surface area contributed by atoms with Gasteiger partial charge in [-0.05, 0) is 37.6 Å². The molecule has 20 heavy (non-hydrogen) atoms. The van der Waals surface area contributed by atoms with E-state index in [0.29, 0.717) is 0 Å². The summed E-state index contributed by atoms with van der Waals surface area (Å²) in [6.07, 6.45) is 1.81. The molecule has 0 N–H and O–H groups in total. The molecule has 2 heterocycles. The number of halogens is 1. The Morgan fingerprint density at radius 1 is 1.30 bits per heavy atom. The molecule has 3 aromatic rings. The summed E-state index contributed by atoms with van der Waals surface area (Å²) < 4.78 is 4.05. The van der Waals surface area contributed by atoms with Crippen molar-refractivity contribution < 1.29 is 0 Å². The summed E-state index contributed by atoms with van der Waals surface area (Å²) in [6, 6.07) is 8.32. The van der Waals surface area contributed by atoms with E-state index in [4.69, 9.17) is 11.6 Å². The molecule has 4 nitrogen and oxygen atoms in total. The molecular weight excluding hydrogens is 272 g/mol. The molecule has 0 fully saturated rings. The third-order valence-corrected chi connectivity index (χ3v) is 3.73. The predicted molar refractivity (Wildman–Crippen MR) is 81.0 cm³/mol. The Labute approximate surface area is 123 Å². The molecule has 1 atom stereocenters. The highest BCUT2D eigenvalue weighted by Gasteiger charge is 2.16. The molecule has 5 heteroatoms. The maximum absolute atomic E-state index is 6.29. The van der Waals surface area contributed by atoms with Gasteiger partial charge in [-0.2, -0.15) is 5.10 Å². The highest BCUT2D eigenvalue weighted by molar-refractivity contribution is 6.20. The average molecular weight is 289 g/mol. The lowest BCUT2D eigenvalue weighted by atomic mass is 10.2. The Balaban J connectivity index is 2.16. The smallest absolute Gasteiger partial charge is 0.128 e. The Morgan fingerprint density at radius 2 is 2.10 bits per heavy atom. The second-order valence-corrected chi connectivity index (χ2v) is 5.77. The van der Waals surface area contributed by atoms with E-state index in [2.05, 4.69) is 39.8 Å². The van der Waals surface area contributed by atoms with Crippen molar-refractivity contribution >= 4 is 22.6 Å². The van der Waals surface area contributed by atoms with Crippen LogP contribution in [0.4, 0.5) is 0 Å². The van der Waals surface area contributed by atoms with Gasteiger partial charge in [0.1, 0.15) is 5.82 Å². The summed E-state index contributed by atoms with van der Waals surface area (Å²) in [6.45, 7) is 4.75. The highest BCUT2D eigenvalue weighted by atomic mass is 35.5. The largest absolute Gasteiger partial charge is 0.321 e. The molecule has 0 amide bonds. The van der Waals surface area contributed by atoms with E-state index in [1.165, 1.54) is 5.56 Å². The first kappa shape index (κ1) is 13.2. The third-order valence-electron chi connectivity index (χ3n) is 3.53. The summed E-state index contributed by atoms with van der Waals surface area (Å²) in [4.78, 5) is 4.68. The minimum atomic E-state index is -0.129. The maximum atomic E-state index is 6.29. The van der Waals surface area contributed by atoms with E-state index in [0.717, 1.165) is 29.1 Å². The van der Waals surface area contributed by atoms with Crippen LogP contribution in [0.25, 0.3) is 11.0 Å². The zero-order chi connectivity index (χ0) is 14.3. The minimum Gasteiger partial charge on any atom is -0.321 e. The molecule has 0 bridgehead atoms. The second kappa shape index (κ2) is 4.94. The van der Waals surface area contributed by atoms with Crippen LogP contribution < -0.4 is 0 Å². The van der Waals surface area contributed by atoms with Crippen molar-refractivity contribution in [2.45, 2.75) is 25.8 Å². The van der Waals surface area contributed by atoms with E-state index >= 15 is 0 Å². The second-order valence-electron chi connectivity index (χ2n) is 5.11. The van der Waals surface area contributed by atoms with Gasteiger partial charge < -0.3 is 4.57 Å². The van der Waals surface area contributed by atoms with Crippen LogP contribution in [-0.4, -0.2) is 19.3 Å². The fourth-order valence-corrected chi connectivity index (χ4v) is 2.61. The molecule has 2 aromatic heterocycles. The van der Waals surface area contributed by atoms with Crippen molar-refractivity contribution in [2.75, 3.05) is 0 Å². The summed E-state index contributed by atoms with van der Waals surface area (Å²) in [5.41, 5.74) is 4.44. The molecule has 0 aliphatic rings. The van der Waals surface area contributed by atoms with Gasteiger partial charge in [-0.25, -0.2) is 4.98 Å². The molecular formula is C15H17ClN4. The van der Waals surface area contributed by atoms with Gasteiger partial charge in [-0.3, -0.25) is 4.68 Å². The van der Waals surface area contributed by atoms with E-state index in [-0.39, 0.29) is 5.38 Å². The Hall–Kier alpha value is -1.81. The third kappa shape index (κ3) is 2.20. The Kier molecular flexibility index (Phi) is 3.26. The summed E-state index contributed by atoms with van der Waals surface area (Å²) in [5, 5.41) is 4.09. The molecule has 3 rings (SSSR count). The molecule has 0 aliphatic carbocycles. The lowest BCUT2D eigenvalue weighted by molar-refractivity contribution is 0.654. The van der Waals surface area contributed by atoms with Crippen LogP contribution in [0.1, 0.15) is 29.4 Å². The number of aryl methyl sites for hydroxylation is 2. The Morgan fingerprint density at radius 3 is 2.75 bits per heavy atom. The van der Waals surface area contributed by atoms with Gasteiger partial charge in [0, 0.05) is 13.2 Å². The first-order chi connectivity index (χ1) is 9.56. The lowest BCUT2D eigenvalue weighted by Gasteiger charge is -2.10. The predicted octanol–water partition coefficient (Wildman–Crippen LogP) is 3.43. The van der Waals surface area contributed by atoms with Gasteiger partial charge in [0.2, 0.25) is 0 Å². The lowest BCUT2D eigenvalue weighted by Crippen LogP contribution is -2.09. The van der Waals surface area contributed by atoms with Crippen LogP contribution in [0, 0.1) is 6.92 Å². The van der Waals surface area contributed by atoms with E-state index in [1.54, 1.807) is 0 Å². The molecule has 0 saturated carbocycles. The molecule has 0 radical (unpaired) electrons. The van der Waals surface area contributed by atoms with Gasteiger partial charge in [-0.1, -0.05) is 6.07 Å². The quantitative estimate of drug-likeness (QED) is 0.692. The fourth-order valence-electron chi connectivity index (χ4n) is 2.45. The first-order valence-corrected chi connectivity index (χ1v) is 7.07. The number of hydrogen-bond acceptors (Lipinski definition) is 2. The van der Waals surface area contributed by atoms with E-state index in [9.17, 15) is 0 Å². The highest BCUT2D eigenvalue weighted by Crippen LogP contribution is 2.26. The average Bonchev–Trinajstić information content (AvgIpc) is 2.95. The normalized spacial score (nSPS) is 13.0. The van der Waals surface area contributed by atoms with Crippen molar-refractivity contribution in [1.29, 1.82) is 0 Å². The molecule has 0 spiro atoms. The molecule has 0 saturated heterocycles. The van der Waals surface area contributed by atoms with Crippen molar-refractivity contribution in [3.63, 3.8) is 0 Å².